The molecule has 2 heterocycles. The van der Waals surface area contributed by atoms with E-state index in [-0.39, 0.29) is 5.82 Å². The van der Waals surface area contributed by atoms with Gasteiger partial charge in [0.15, 0.2) is 4.34 Å². The van der Waals surface area contributed by atoms with E-state index >= 15 is 0 Å². The quantitative estimate of drug-likeness (QED) is 0.405. The zero-order valence-corrected chi connectivity index (χ0v) is 20.9. The summed E-state index contributed by atoms with van der Waals surface area (Å²) in [4.78, 5) is 20.4. The lowest BCUT2D eigenvalue weighted by atomic mass is 10.2. The third kappa shape index (κ3) is 6.21. The number of nitrogens with zero attached hydrogens (tertiary/aromatic N) is 3. The molecular formula is C25H28FN3O3S2. The van der Waals surface area contributed by atoms with Crippen LogP contribution in [0.25, 0.3) is 0 Å². The summed E-state index contributed by atoms with van der Waals surface area (Å²) in [5.74, 6) is -0.249. The Labute approximate surface area is 207 Å². The lowest BCUT2D eigenvalue weighted by molar-refractivity contribution is -0.138. The highest BCUT2D eigenvalue weighted by Crippen LogP contribution is 2.34. The molecule has 0 atom stereocenters. The minimum absolute atomic E-state index is 0.209. The summed E-state index contributed by atoms with van der Waals surface area (Å²) in [6, 6.07) is 14.8. The molecule has 34 heavy (non-hydrogen) atoms. The van der Waals surface area contributed by atoms with Crippen molar-refractivity contribution in [2.24, 2.45) is 0 Å². The second-order valence-electron chi connectivity index (χ2n) is 8.57. The van der Waals surface area contributed by atoms with Gasteiger partial charge in [-0.25, -0.2) is 9.37 Å². The second-order valence-corrected chi connectivity index (χ2v) is 11.3. The molecule has 0 radical (unpaired) electrons. The Morgan fingerprint density at radius 1 is 1.06 bits per heavy atom. The first-order chi connectivity index (χ1) is 16.3. The predicted molar refractivity (Wildman–Crippen MR) is 136 cm³/mol. The second kappa shape index (κ2) is 10.7. The smallest absolute Gasteiger partial charge is 0.319 e. The standard InChI is InChI=1S/C25H28FN3O3S2/c1-25(2,23(30)31)34-24-27-19(17-33-24)11-16-32-22-9-7-21(8-10-22)29-14-12-28(13-15-29)20-5-3-18(26)4-6-20/h3-10,17H,11-16H2,1-2H3,(H,30,31). The van der Waals surface area contributed by atoms with Crippen LogP contribution in [0, 0.1) is 5.82 Å². The van der Waals surface area contributed by atoms with E-state index in [4.69, 9.17) is 4.74 Å². The van der Waals surface area contributed by atoms with E-state index in [0.29, 0.717) is 13.0 Å². The maximum absolute atomic E-state index is 13.2. The topological polar surface area (TPSA) is 65.9 Å². The Morgan fingerprint density at radius 2 is 1.62 bits per heavy atom. The van der Waals surface area contributed by atoms with Crippen molar-refractivity contribution in [1.29, 1.82) is 0 Å². The van der Waals surface area contributed by atoms with Gasteiger partial charge in [0.05, 0.1) is 12.3 Å². The molecule has 1 saturated heterocycles. The van der Waals surface area contributed by atoms with E-state index in [1.54, 1.807) is 13.8 Å². The Balaban J connectivity index is 1.22. The van der Waals surface area contributed by atoms with Crippen molar-refractivity contribution in [2.75, 3.05) is 42.6 Å². The fourth-order valence-corrected chi connectivity index (χ4v) is 5.84. The van der Waals surface area contributed by atoms with Crippen LogP contribution in [0.15, 0.2) is 58.3 Å². The van der Waals surface area contributed by atoms with Crippen molar-refractivity contribution in [1.82, 2.24) is 4.98 Å². The van der Waals surface area contributed by atoms with Gasteiger partial charge in [0, 0.05) is 49.4 Å². The third-order valence-electron chi connectivity index (χ3n) is 5.69. The van der Waals surface area contributed by atoms with Crippen LogP contribution in [0.2, 0.25) is 0 Å². The van der Waals surface area contributed by atoms with Gasteiger partial charge in [-0.3, -0.25) is 4.79 Å². The predicted octanol–water partition coefficient (Wildman–Crippen LogP) is 5.19. The minimum atomic E-state index is -0.902. The molecule has 4 rings (SSSR count). The highest BCUT2D eigenvalue weighted by molar-refractivity contribution is 8.03. The van der Waals surface area contributed by atoms with Gasteiger partial charge < -0.3 is 19.6 Å². The van der Waals surface area contributed by atoms with Crippen LogP contribution in [-0.4, -0.2) is 53.6 Å². The summed E-state index contributed by atoms with van der Waals surface area (Å²) in [6.45, 7) is 7.45. The fraction of sp³-hybridized carbons (Fsp3) is 0.360. The lowest BCUT2D eigenvalue weighted by Crippen LogP contribution is -2.46. The molecule has 3 aromatic rings. The van der Waals surface area contributed by atoms with Gasteiger partial charge in [-0.15, -0.1) is 11.3 Å². The van der Waals surface area contributed by atoms with E-state index in [1.807, 2.05) is 29.6 Å². The third-order valence-corrected chi connectivity index (χ3v) is 7.86. The van der Waals surface area contributed by atoms with Gasteiger partial charge in [0.2, 0.25) is 0 Å². The summed E-state index contributed by atoms with van der Waals surface area (Å²) in [5.41, 5.74) is 3.12. The number of halogens is 1. The number of carbonyl (C=O) groups is 1. The van der Waals surface area contributed by atoms with Crippen LogP contribution >= 0.6 is 23.1 Å². The molecule has 0 saturated carbocycles. The lowest BCUT2D eigenvalue weighted by Gasteiger charge is -2.37. The molecular weight excluding hydrogens is 473 g/mol. The molecule has 180 valence electrons. The average Bonchev–Trinajstić information content (AvgIpc) is 3.26. The molecule has 0 aliphatic carbocycles. The highest BCUT2D eigenvalue weighted by atomic mass is 32.2. The number of rotatable bonds is 9. The molecule has 0 amide bonds. The number of aliphatic carboxylic acids is 1. The number of thiazole rings is 1. The van der Waals surface area contributed by atoms with Crippen molar-refractivity contribution in [3.05, 3.63) is 65.4 Å². The number of carboxylic acids is 1. The van der Waals surface area contributed by atoms with E-state index in [0.717, 1.165) is 53.3 Å². The van der Waals surface area contributed by atoms with Crippen molar-refractivity contribution < 1.29 is 19.0 Å². The Bertz CT molecular complexity index is 1100. The fourth-order valence-electron chi connectivity index (χ4n) is 3.61. The molecule has 1 fully saturated rings. The number of carboxylic acid groups (broad SMARTS) is 1. The highest BCUT2D eigenvalue weighted by Gasteiger charge is 2.29. The number of piperazine rings is 1. The Kier molecular flexibility index (Phi) is 7.63. The summed E-state index contributed by atoms with van der Waals surface area (Å²) in [5, 5.41) is 11.2. The summed E-state index contributed by atoms with van der Waals surface area (Å²) < 4.78 is 18.9. The molecule has 0 bridgehead atoms. The number of thioether (sulfide) groups is 1. The number of hydrogen-bond donors (Lipinski definition) is 1. The van der Waals surface area contributed by atoms with Crippen LogP contribution in [-0.2, 0) is 11.2 Å². The number of anilines is 2. The number of aromatic nitrogens is 1. The molecule has 6 nitrogen and oxygen atoms in total. The van der Waals surface area contributed by atoms with E-state index in [9.17, 15) is 14.3 Å². The van der Waals surface area contributed by atoms with Crippen molar-refractivity contribution in [3.8, 4) is 5.75 Å². The monoisotopic (exact) mass is 501 g/mol. The van der Waals surface area contributed by atoms with E-state index < -0.39 is 10.7 Å². The first-order valence-electron chi connectivity index (χ1n) is 11.2. The van der Waals surface area contributed by atoms with Gasteiger partial charge in [0.25, 0.3) is 0 Å². The molecule has 2 aromatic carbocycles. The summed E-state index contributed by atoms with van der Waals surface area (Å²) in [7, 11) is 0. The molecule has 1 N–H and O–H groups in total. The van der Waals surface area contributed by atoms with E-state index in [2.05, 4.69) is 26.9 Å². The van der Waals surface area contributed by atoms with Crippen molar-refractivity contribution in [2.45, 2.75) is 29.4 Å². The average molecular weight is 502 g/mol. The molecule has 1 aliphatic rings. The number of ether oxygens (including phenoxy) is 1. The van der Waals surface area contributed by atoms with Gasteiger partial charge in [0.1, 0.15) is 16.3 Å². The Morgan fingerprint density at radius 3 is 2.18 bits per heavy atom. The summed E-state index contributed by atoms with van der Waals surface area (Å²) >= 11 is 2.73. The largest absolute Gasteiger partial charge is 0.493 e. The maximum Gasteiger partial charge on any atom is 0.319 e. The van der Waals surface area contributed by atoms with Crippen LogP contribution in [0.5, 0.6) is 5.75 Å². The van der Waals surface area contributed by atoms with Crippen LogP contribution in [0.3, 0.4) is 0 Å². The van der Waals surface area contributed by atoms with Gasteiger partial charge >= 0.3 is 5.97 Å². The van der Waals surface area contributed by atoms with Gasteiger partial charge in [-0.1, -0.05) is 11.8 Å². The normalized spacial score (nSPS) is 14.3. The van der Waals surface area contributed by atoms with Crippen LogP contribution in [0.4, 0.5) is 15.8 Å². The van der Waals surface area contributed by atoms with Gasteiger partial charge in [-0.05, 0) is 62.4 Å². The summed E-state index contributed by atoms with van der Waals surface area (Å²) in [6.07, 6.45) is 0.664. The van der Waals surface area contributed by atoms with Crippen molar-refractivity contribution in [3.63, 3.8) is 0 Å². The molecule has 0 spiro atoms. The number of benzene rings is 2. The minimum Gasteiger partial charge on any atom is -0.493 e. The first kappa shape index (κ1) is 24.3. The Hall–Kier alpha value is -2.78. The van der Waals surface area contributed by atoms with Gasteiger partial charge in [-0.2, -0.15) is 0 Å². The molecule has 9 heteroatoms. The first-order valence-corrected chi connectivity index (χ1v) is 12.8. The number of hydrogen-bond acceptors (Lipinski definition) is 7. The zero-order chi connectivity index (χ0) is 24.1. The van der Waals surface area contributed by atoms with Crippen molar-refractivity contribution >= 4 is 40.4 Å². The van der Waals surface area contributed by atoms with E-state index in [1.165, 1.54) is 35.2 Å². The zero-order valence-electron chi connectivity index (χ0n) is 19.2. The molecule has 0 unspecified atom stereocenters. The molecule has 1 aromatic heterocycles. The molecule has 1 aliphatic heterocycles. The van der Waals surface area contributed by atoms with Crippen LogP contribution < -0.4 is 14.5 Å². The maximum atomic E-state index is 13.2. The SMILES string of the molecule is CC(C)(Sc1nc(CCOc2ccc(N3CCN(c4ccc(F)cc4)CC3)cc2)cs1)C(=O)O. The van der Waals surface area contributed by atoms with Crippen LogP contribution in [0.1, 0.15) is 19.5 Å².